The van der Waals surface area contributed by atoms with Crippen LogP contribution in [0.3, 0.4) is 0 Å². The van der Waals surface area contributed by atoms with E-state index in [0.717, 1.165) is 22.4 Å². The van der Waals surface area contributed by atoms with Crippen molar-refractivity contribution in [1.82, 2.24) is 4.98 Å². The van der Waals surface area contributed by atoms with Gasteiger partial charge in [0.15, 0.2) is 0 Å². The van der Waals surface area contributed by atoms with Crippen LogP contribution < -0.4 is 0 Å². The predicted molar refractivity (Wildman–Crippen MR) is 75.4 cm³/mol. The summed E-state index contributed by atoms with van der Waals surface area (Å²) in [5, 5.41) is 0. The minimum Gasteiger partial charge on any atom is -0.461 e. The molecular formula is C16H18FNO2. The van der Waals surface area contributed by atoms with E-state index in [0.29, 0.717) is 18.7 Å². The monoisotopic (exact) mass is 275 g/mol. The number of aryl methyl sites for hydroxylation is 1. The Kier molecular flexibility index (Phi) is 4.23. The highest BCUT2D eigenvalue weighted by atomic mass is 19.1. The van der Waals surface area contributed by atoms with Gasteiger partial charge in [0.25, 0.3) is 0 Å². The second kappa shape index (κ2) is 5.90. The molecule has 0 aliphatic carbocycles. The minimum atomic E-state index is -0.349. The molecule has 0 radical (unpaired) electrons. The maximum Gasteiger partial charge on any atom is 0.355 e. The molecule has 1 heterocycles. The van der Waals surface area contributed by atoms with Gasteiger partial charge in [-0.25, -0.2) is 9.18 Å². The van der Waals surface area contributed by atoms with Crippen LogP contribution in [-0.2, 0) is 11.2 Å². The van der Waals surface area contributed by atoms with Gasteiger partial charge in [0.1, 0.15) is 11.5 Å². The van der Waals surface area contributed by atoms with Gasteiger partial charge in [-0.3, -0.25) is 0 Å². The highest BCUT2D eigenvalue weighted by molar-refractivity contribution is 5.89. The molecule has 1 aromatic heterocycles. The molecule has 106 valence electrons. The summed E-state index contributed by atoms with van der Waals surface area (Å²) < 4.78 is 18.2. The number of ether oxygens (including phenoxy) is 1. The maximum absolute atomic E-state index is 13.2. The van der Waals surface area contributed by atoms with E-state index in [1.807, 2.05) is 19.9 Å². The first-order chi connectivity index (χ1) is 9.52. The summed E-state index contributed by atoms with van der Waals surface area (Å²) in [6, 6.07) is 6.49. The lowest BCUT2D eigenvalue weighted by Crippen LogP contribution is -2.06. The van der Waals surface area contributed by atoms with Gasteiger partial charge in [0, 0.05) is 5.69 Å². The molecule has 0 bridgehead atoms. The van der Waals surface area contributed by atoms with Crippen molar-refractivity contribution in [2.75, 3.05) is 6.61 Å². The number of aromatic amines is 1. The topological polar surface area (TPSA) is 42.1 Å². The van der Waals surface area contributed by atoms with Crippen molar-refractivity contribution < 1.29 is 13.9 Å². The summed E-state index contributed by atoms with van der Waals surface area (Å²) in [6.45, 7) is 5.90. The Balaban J connectivity index is 2.31. The molecule has 2 rings (SSSR count). The Morgan fingerprint density at radius 3 is 2.75 bits per heavy atom. The third-order valence-corrected chi connectivity index (χ3v) is 3.34. The average Bonchev–Trinajstić information content (AvgIpc) is 2.67. The Hall–Kier alpha value is -2.10. The van der Waals surface area contributed by atoms with Gasteiger partial charge in [0.05, 0.1) is 6.61 Å². The Labute approximate surface area is 117 Å². The lowest BCUT2D eigenvalue weighted by atomic mass is 10.0. The van der Waals surface area contributed by atoms with E-state index in [1.54, 1.807) is 13.0 Å². The molecular weight excluding hydrogens is 257 g/mol. The zero-order valence-electron chi connectivity index (χ0n) is 11.9. The van der Waals surface area contributed by atoms with E-state index < -0.39 is 0 Å². The third-order valence-electron chi connectivity index (χ3n) is 3.34. The molecule has 0 saturated heterocycles. The van der Waals surface area contributed by atoms with Crippen molar-refractivity contribution in [3.63, 3.8) is 0 Å². The maximum atomic E-state index is 13.2. The van der Waals surface area contributed by atoms with Crippen LogP contribution in [-0.4, -0.2) is 17.6 Å². The van der Waals surface area contributed by atoms with Crippen LogP contribution >= 0.6 is 0 Å². The van der Waals surface area contributed by atoms with E-state index in [9.17, 15) is 9.18 Å². The van der Waals surface area contributed by atoms with Crippen LogP contribution in [0, 0.1) is 19.7 Å². The molecule has 0 aliphatic rings. The lowest BCUT2D eigenvalue weighted by Gasteiger charge is -2.04. The molecule has 0 spiro atoms. The second-order valence-electron chi connectivity index (χ2n) is 4.76. The molecule has 1 N–H and O–H groups in total. The molecule has 0 unspecified atom stereocenters. The number of hydrogen-bond acceptors (Lipinski definition) is 2. The summed E-state index contributed by atoms with van der Waals surface area (Å²) in [5.41, 5.74) is 4.15. The standard InChI is InChI=1S/C16H18FNO2/c1-4-20-16(19)15-10(2)14(11(3)18-15)9-12-6-5-7-13(17)8-12/h5-8,18H,4,9H2,1-3H3. The van der Waals surface area contributed by atoms with Gasteiger partial charge in [-0.05, 0) is 56.0 Å². The van der Waals surface area contributed by atoms with Gasteiger partial charge >= 0.3 is 5.97 Å². The number of benzene rings is 1. The van der Waals surface area contributed by atoms with Crippen LogP contribution in [0.25, 0.3) is 0 Å². The summed E-state index contributed by atoms with van der Waals surface area (Å²) in [7, 11) is 0. The van der Waals surface area contributed by atoms with Gasteiger partial charge in [-0.15, -0.1) is 0 Å². The number of rotatable bonds is 4. The van der Waals surface area contributed by atoms with E-state index in [2.05, 4.69) is 4.98 Å². The van der Waals surface area contributed by atoms with E-state index in [4.69, 9.17) is 4.74 Å². The molecule has 1 aromatic carbocycles. The van der Waals surface area contributed by atoms with Gasteiger partial charge in [-0.2, -0.15) is 0 Å². The van der Waals surface area contributed by atoms with Crippen molar-refractivity contribution in [1.29, 1.82) is 0 Å². The molecule has 0 aliphatic heterocycles. The van der Waals surface area contributed by atoms with Crippen LogP contribution in [0.4, 0.5) is 4.39 Å². The van der Waals surface area contributed by atoms with Crippen LogP contribution in [0.1, 0.15) is 39.8 Å². The predicted octanol–water partition coefficient (Wildman–Crippen LogP) is 3.54. The highest BCUT2D eigenvalue weighted by Gasteiger charge is 2.18. The second-order valence-corrected chi connectivity index (χ2v) is 4.76. The van der Waals surface area contributed by atoms with E-state index >= 15 is 0 Å². The van der Waals surface area contributed by atoms with Gasteiger partial charge < -0.3 is 9.72 Å². The van der Waals surface area contributed by atoms with E-state index in [-0.39, 0.29) is 11.8 Å². The number of carbonyl (C=O) groups excluding carboxylic acids is 1. The number of esters is 1. The van der Waals surface area contributed by atoms with Crippen molar-refractivity contribution >= 4 is 5.97 Å². The molecule has 4 heteroatoms. The zero-order chi connectivity index (χ0) is 14.7. The molecule has 0 saturated carbocycles. The molecule has 2 aromatic rings. The Bertz CT molecular complexity index is 631. The van der Waals surface area contributed by atoms with E-state index in [1.165, 1.54) is 12.1 Å². The van der Waals surface area contributed by atoms with Gasteiger partial charge in [-0.1, -0.05) is 12.1 Å². The number of hydrogen-bond donors (Lipinski definition) is 1. The first-order valence-corrected chi connectivity index (χ1v) is 6.62. The van der Waals surface area contributed by atoms with Gasteiger partial charge in [0.2, 0.25) is 0 Å². The summed E-state index contributed by atoms with van der Waals surface area (Å²) in [5.74, 6) is -0.599. The Morgan fingerprint density at radius 2 is 2.10 bits per heavy atom. The lowest BCUT2D eigenvalue weighted by molar-refractivity contribution is 0.0519. The molecule has 20 heavy (non-hydrogen) atoms. The number of nitrogens with one attached hydrogen (secondary N) is 1. The SMILES string of the molecule is CCOC(=O)c1[nH]c(C)c(Cc2cccc(F)c2)c1C. The average molecular weight is 275 g/mol. The van der Waals surface area contributed by atoms with Crippen LogP contribution in [0.15, 0.2) is 24.3 Å². The number of aromatic nitrogens is 1. The van der Waals surface area contributed by atoms with Crippen molar-refractivity contribution in [3.8, 4) is 0 Å². The Morgan fingerprint density at radius 1 is 1.35 bits per heavy atom. The molecule has 0 amide bonds. The summed E-state index contributed by atoms with van der Waals surface area (Å²) in [4.78, 5) is 14.9. The highest BCUT2D eigenvalue weighted by Crippen LogP contribution is 2.22. The van der Waals surface area contributed by atoms with Crippen molar-refractivity contribution in [3.05, 3.63) is 58.2 Å². The van der Waals surface area contributed by atoms with Crippen molar-refractivity contribution in [2.24, 2.45) is 0 Å². The first-order valence-electron chi connectivity index (χ1n) is 6.62. The quantitative estimate of drug-likeness (QED) is 0.867. The summed E-state index contributed by atoms with van der Waals surface area (Å²) >= 11 is 0. The fraction of sp³-hybridized carbons (Fsp3) is 0.312. The first kappa shape index (κ1) is 14.3. The summed E-state index contributed by atoms with van der Waals surface area (Å²) in [6.07, 6.45) is 0.589. The molecule has 0 fully saturated rings. The molecule has 3 nitrogen and oxygen atoms in total. The minimum absolute atomic E-state index is 0.251. The fourth-order valence-electron chi connectivity index (χ4n) is 2.31. The number of H-pyrrole nitrogens is 1. The number of halogens is 1. The molecule has 0 atom stereocenters. The number of carbonyl (C=O) groups is 1. The third kappa shape index (κ3) is 2.90. The van der Waals surface area contributed by atoms with Crippen LogP contribution in [0.2, 0.25) is 0 Å². The largest absolute Gasteiger partial charge is 0.461 e. The smallest absolute Gasteiger partial charge is 0.355 e. The van der Waals surface area contributed by atoms with Crippen molar-refractivity contribution in [2.45, 2.75) is 27.2 Å². The fourth-order valence-corrected chi connectivity index (χ4v) is 2.31. The normalized spacial score (nSPS) is 10.6. The van der Waals surface area contributed by atoms with Crippen LogP contribution in [0.5, 0.6) is 0 Å². The zero-order valence-corrected chi connectivity index (χ0v) is 11.9.